The van der Waals surface area contributed by atoms with Gasteiger partial charge < -0.3 is 14.2 Å². The Kier molecular flexibility index (Phi) is 5.90. The Balaban J connectivity index is 1.63. The van der Waals surface area contributed by atoms with Crippen molar-refractivity contribution in [2.45, 2.75) is 19.9 Å². The summed E-state index contributed by atoms with van der Waals surface area (Å²) in [5, 5.41) is 0. The van der Waals surface area contributed by atoms with E-state index in [1.54, 1.807) is 24.5 Å². The molecule has 3 heterocycles. The summed E-state index contributed by atoms with van der Waals surface area (Å²) in [4.78, 5) is 31.5. The molecule has 2 aliphatic rings. The highest BCUT2D eigenvalue weighted by molar-refractivity contribution is 7.07. The molecule has 0 saturated carbocycles. The molecule has 3 aromatic rings. The van der Waals surface area contributed by atoms with Gasteiger partial charge in [0.1, 0.15) is 0 Å². The van der Waals surface area contributed by atoms with E-state index in [4.69, 9.17) is 14.2 Å². The summed E-state index contributed by atoms with van der Waals surface area (Å²) in [7, 11) is 0. The van der Waals surface area contributed by atoms with Crippen molar-refractivity contribution in [2.24, 2.45) is 4.99 Å². The number of thiazole rings is 1. The molecule has 0 saturated heterocycles. The van der Waals surface area contributed by atoms with Crippen molar-refractivity contribution in [2.75, 3.05) is 13.4 Å². The predicted molar refractivity (Wildman–Crippen MR) is 129 cm³/mol. The van der Waals surface area contributed by atoms with Gasteiger partial charge in [-0.1, -0.05) is 59.9 Å². The van der Waals surface area contributed by atoms with E-state index >= 15 is 0 Å². The van der Waals surface area contributed by atoms with Gasteiger partial charge in [0.15, 0.2) is 16.3 Å². The second-order valence-electron chi connectivity index (χ2n) is 7.73. The number of rotatable bonds is 5. The van der Waals surface area contributed by atoms with Gasteiger partial charge in [0, 0.05) is 0 Å². The lowest BCUT2D eigenvalue weighted by molar-refractivity contribution is -0.139. The first kappa shape index (κ1) is 21.9. The first-order valence-corrected chi connectivity index (χ1v) is 11.7. The van der Waals surface area contributed by atoms with Crippen LogP contribution in [0.3, 0.4) is 0 Å². The molecule has 0 spiro atoms. The third-order valence-electron chi connectivity index (χ3n) is 5.52. The van der Waals surface area contributed by atoms with Gasteiger partial charge in [-0.25, -0.2) is 9.79 Å². The van der Waals surface area contributed by atoms with Crippen LogP contribution in [-0.4, -0.2) is 23.9 Å². The maximum atomic E-state index is 13.5. The van der Waals surface area contributed by atoms with Crippen LogP contribution in [0.15, 0.2) is 75.7 Å². The van der Waals surface area contributed by atoms with Crippen molar-refractivity contribution in [1.29, 1.82) is 0 Å². The molecule has 1 unspecified atom stereocenters. The zero-order chi connectivity index (χ0) is 23.7. The number of carbonyl (C=O) groups excluding carboxylic acids is 1. The Hall–Kier alpha value is -3.91. The predicted octanol–water partition coefficient (Wildman–Crippen LogP) is 3.19. The zero-order valence-electron chi connectivity index (χ0n) is 18.7. The number of benzene rings is 2. The first-order chi connectivity index (χ1) is 16.5. The third kappa shape index (κ3) is 4.08. The lowest BCUT2D eigenvalue weighted by atomic mass is 10.0. The minimum absolute atomic E-state index is 0.185. The molecule has 0 fully saturated rings. The largest absolute Gasteiger partial charge is 0.463 e. The fourth-order valence-electron chi connectivity index (χ4n) is 3.94. The number of hydrogen-bond acceptors (Lipinski definition) is 7. The van der Waals surface area contributed by atoms with Gasteiger partial charge >= 0.3 is 5.97 Å². The first-order valence-electron chi connectivity index (χ1n) is 10.9. The highest BCUT2D eigenvalue weighted by atomic mass is 32.1. The van der Waals surface area contributed by atoms with E-state index in [0.29, 0.717) is 32.1 Å². The van der Waals surface area contributed by atoms with Gasteiger partial charge in [-0.2, -0.15) is 0 Å². The summed E-state index contributed by atoms with van der Waals surface area (Å²) < 4.78 is 18.2. The molecule has 7 nitrogen and oxygen atoms in total. The second kappa shape index (κ2) is 9.15. The molecule has 0 bridgehead atoms. The summed E-state index contributed by atoms with van der Waals surface area (Å²) in [5.74, 6) is 0.849. The highest BCUT2D eigenvalue weighted by Gasteiger charge is 2.30. The quantitative estimate of drug-likeness (QED) is 0.531. The van der Waals surface area contributed by atoms with Crippen LogP contribution in [0.4, 0.5) is 0 Å². The van der Waals surface area contributed by atoms with Crippen molar-refractivity contribution in [3.8, 4) is 11.5 Å². The molecule has 172 valence electrons. The van der Waals surface area contributed by atoms with E-state index in [-0.39, 0.29) is 19.0 Å². The summed E-state index contributed by atoms with van der Waals surface area (Å²) in [6.45, 7) is 3.94. The summed E-state index contributed by atoms with van der Waals surface area (Å²) in [6.07, 6.45) is 5.55. The van der Waals surface area contributed by atoms with Gasteiger partial charge in [0.05, 0.1) is 28.5 Å². The third-order valence-corrected chi connectivity index (χ3v) is 6.51. The normalized spacial score (nSPS) is 17.1. The number of nitrogens with zero attached hydrogens (tertiary/aromatic N) is 2. The minimum atomic E-state index is -0.630. The number of fused-ring (bicyclic) bond motifs is 2. The summed E-state index contributed by atoms with van der Waals surface area (Å²) in [6, 6.07) is 14.6. The maximum Gasteiger partial charge on any atom is 0.338 e. The van der Waals surface area contributed by atoms with Gasteiger partial charge in [-0.15, -0.1) is 0 Å². The van der Waals surface area contributed by atoms with E-state index in [1.165, 1.54) is 11.3 Å². The Morgan fingerprint density at radius 3 is 2.76 bits per heavy atom. The number of hydrogen-bond donors (Lipinski definition) is 0. The molecule has 0 N–H and O–H groups in total. The monoisotopic (exact) mass is 474 g/mol. The number of allylic oxidation sites excluding steroid dienone is 2. The number of aromatic nitrogens is 1. The SMILES string of the molecule is CCOC(=O)C1=C(C)N=c2sc(=Cc3ccc4c(c3)OCO4)c(=O)n2C1C=Cc1ccccc1. The molecule has 5 rings (SSSR count). The van der Waals surface area contributed by atoms with Crippen molar-refractivity contribution in [3.05, 3.63) is 96.7 Å². The van der Waals surface area contributed by atoms with E-state index in [1.807, 2.05) is 60.7 Å². The van der Waals surface area contributed by atoms with Crippen LogP contribution in [0.5, 0.6) is 11.5 Å². The van der Waals surface area contributed by atoms with Crippen LogP contribution in [-0.2, 0) is 9.53 Å². The van der Waals surface area contributed by atoms with Crippen LogP contribution >= 0.6 is 11.3 Å². The average Bonchev–Trinajstić information content (AvgIpc) is 3.42. The molecule has 0 radical (unpaired) electrons. The molecular weight excluding hydrogens is 452 g/mol. The van der Waals surface area contributed by atoms with E-state index < -0.39 is 12.0 Å². The average molecular weight is 475 g/mol. The minimum Gasteiger partial charge on any atom is -0.463 e. The smallest absolute Gasteiger partial charge is 0.338 e. The number of esters is 1. The fraction of sp³-hybridized carbons (Fsp3) is 0.192. The van der Waals surface area contributed by atoms with Crippen LogP contribution in [0.25, 0.3) is 12.2 Å². The van der Waals surface area contributed by atoms with Crippen molar-refractivity contribution < 1.29 is 19.0 Å². The Bertz CT molecular complexity index is 1500. The second-order valence-corrected chi connectivity index (χ2v) is 8.74. The van der Waals surface area contributed by atoms with Crippen molar-refractivity contribution in [1.82, 2.24) is 4.57 Å². The fourth-order valence-corrected chi connectivity index (χ4v) is 4.99. The molecule has 1 aromatic heterocycles. The Morgan fingerprint density at radius 1 is 1.18 bits per heavy atom. The molecule has 34 heavy (non-hydrogen) atoms. The molecule has 1 atom stereocenters. The number of carbonyl (C=O) groups is 1. The molecular formula is C26H22N2O5S. The van der Waals surface area contributed by atoms with Gasteiger partial charge in [0.2, 0.25) is 6.79 Å². The van der Waals surface area contributed by atoms with Crippen LogP contribution in [0.1, 0.15) is 31.0 Å². The molecule has 0 amide bonds. The Labute approximate surface area is 199 Å². The van der Waals surface area contributed by atoms with Crippen LogP contribution in [0.2, 0.25) is 0 Å². The molecule has 2 aromatic carbocycles. The Morgan fingerprint density at radius 2 is 1.97 bits per heavy atom. The molecule has 2 aliphatic heterocycles. The van der Waals surface area contributed by atoms with Gasteiger partial charge in [-0.3, -0.25) is 9.36 Å². The van der Waals surface area contributed by atoms with Crippen LogP contribution < -0.4 is 24.4 Å². The van der Waals surface area contributed by atoms with Gasteiger partial charge in [-0.05, 0) is 43.2 Å². The summed E-state index contributed by atoms with van der Waals surface area (Å²) in [5.41, 5.74) is 2.45. The number of ether oxygens (including phenoxy) is 3. The molecule has 0 aliphatic carbocycles. The maximum absolute atomic E-state index is 13.5. The lowest BCUT2D eigenvalue weighted by Crippen LogP contribution is -2.38. The molecule has 8 heteroatoms. The topological polar surface area (TPSA) is 79.1 Å². The standard InChI is InChI=1S/C26H22N2O5S/c1-3-31-25(30)23-16(2)27-26-28(19(23)11-9-17-7-5-4-6-8-17)24(29)22(34-26)14-18-10-12-20-21(13-18)33-15-32-20/h4-14,19H,3,15H2,1-2H3. The highest BCUT2D eigenvalue weighted by Crippen LogP contribution is 2.32. The van der Waals surface area contributed by atoms with Crippen LogP contribution in [0, 0.1) is 0 Å². The van der Waals surface area contributed by atoms with E-state index in [9.17, 15) is 9.59 Å². The van der Waals surface area contributed by atoms with Crippen molar-refractivity contribution in [3.63, 3.8) is 0 Å². The van der Waals surface area contributed by atoms with Crippen molar-refractivity contribution >= 4 is 29.5 Å². The van der Waals surface area contributed by atoms with E-state index in [0.717, 1.165) is 11.1 Å². The zero-order valence-corrected chi connectivity index (χ0v) is 19.5. The van der Waals surface area contributed by atoms with Gasteiger partial charge in [0.25, 0.3) is 5.56 Å². The van der Waals surface area contributed by atoms with E-state index in [2.05, 4.69) is 4.99 Å². The lowest BCUT2D eigenvalue weighted by Gasteiger charge is -2.21. The summed E-state index contributed by atoms with van der Waals surface area (Å²) >= 11 is 1.28.